The Bertz CT molecular complexity index is 823. The minimum Gasteiger partial charge on any atom is -0.482 e. The highest BCUT2D eigenvalue weighted by Gasteiger charge is 2.18. The van der Waals surface area contributed by atoms with Gasteiger partial charge in [-0.15, -0.1) is 0 Å². The van der Waals surface area contributed by atoms with Gasteiger partial charge in [-0.05, 0) is 43.3 Å². The molecule has 0 heterocycles. The molecule has 1 unspecified atom stereocenters. The van der Waals surface area contributed by atoms with Gasteiger partial charge in [0.15, 0.2) is 12.7 Å². The average Bonchev–Trinajstić information content (AvgIpc) is 2.61. The third-order valence-corrected chi connectivity index (χ3v) is 3.30. The van der Waals surface area contributed by atoms with E-state index >= 15 is 0 Å². The molecule has 2 aromatic rings. The third kappa shape index (κ3) is 6.77. The topological polar surface area (TPSA) is 93.7 Å². The molecule has 1 atom stereocenters. The average molecular weight is 374 g/mol. The van der Waals surface area contributed by atoms with E-state index in [2.05, 4.69) is 10.6 Å². The SMILES string of the molecule is CC(=O)Nc1ccc(NC(=O)C(C)OC(=O)COc2cccc(F)c2)cc1. The molecular weight excluding hydrogens is 355 g/mol. The normalized spacial score (nSPS) is 11.2. The minimum absolute atomic E-state index is 0.184. The number of anilines is 2. The van der Waals surface area contributed by atoms with E-state index in [0.29, 0.717) is 11.4 Å². The number of benzene rings is 2. The van der Waals surface area contributed by atoms with Crippen molar-refractivity contribution in [3.8, 4) is 5.75 Å². The van der Waals surface area contributed by atoms with Crippen molar-refractivity contribution in [3.63, 3.8) is 0 Å². The highest BCUT2D eigenvalue weighted by Crippen LogP contribution is 2.14. The Labute approximate surface area is 155 Å². The molecule has 2 aromatic carbocycles. The van der Waals surface area contributed by atoms with E-state index < -0.39 is 30.4 Å². The zero-order chi connectivity index (χ0) is 19.8. The van der Waals surface area contributed by atoms with Crippen LogP contribution in [0.2, 0.25) is 0 Å². The van der Waals surface area contributed by atoms with Crippen LogP contribution >= 0.6 is 0 Å². The maximum absolute atomic E-state index is 13.0. The molecule has 7 nitrogen and oxygen atoms in total. The third-order valence-electron chi connectivity index (χ3n) is 3.30. The Morgan fingerprint density at radius 3 is 2.26 bits per heavy atom. The highest BCUT2D eigenvalue weighted by molar-refractivity contribution is 5.95. The lowest BCUT2D eigenvalue weighted by atomic mass is 10.2. The van der Waals surface area contributed by atoms with Gasteiger partial charge in [0.25, 0.3) is 5.91 Å². The molecule has 0 spiro atoms. The summed E-state index contributed by atoms with van der Waals surface area (Å²) in [5.41, 5.74) is 1.07. The number of hydrogen-bond donors (Lipinski definition) is 2. The van der Waals surface area contributed by atoms with E-state index in [4.69, 9.17) is 9.47 Å². The van der Waals surface area contributed by atoms with Crippen molar-refractivity contribution in [2.24, 2.45) is 0 Å². The first-order valence-electron chi connectivity index (χ1n) is 8.10. The Morgan fingerprint density at radius 2 is 1.67 bits per heavy atom. The quantitative estimate of drug-likeness (QED) is 0.727. The van der Waals surface area contributed by atoms with Gasteiger partial charge in [-0.1, -0.05) is 6.07 Å². The molecule has 0 radical (unpaired) electrons. The fourth-order valence-corrected chi connectivity index (χ4v) is 2.07. The number of ether oxygens (including phenoxy) is 2. The molecule has 0 saturated carbocycles. The first kappa shape index (κ1) is 19.9. The molecule has 2 N–H and O–H groups in total. The van der Waals surface area contributed by atoms with Gasteiger partial charge in [-0.3, -0.25) is 9.59 Å². The van der Waals surface area contributed by atoms with E-state index in [0.717, 1.165) is 6.07 Å². The lowest BCUT2D eigenvalue weighted by molar-refractivity contribution is -0.155. The van der Waals surface area contributed by atoms with Crippen LogP contribution in [0, 0.1) is 5.82 Å². The van der Waals surface area contributed by atoms with Crippen LogP contribution in [0.15, 0.2) is 48.5 Å². The second-order valence-electron chi connectivity index (χ2n) is 5.63. The van der Waals surface area contributed by atoms with Crippen LogP contribution in [0.5, 0.6) is 5.75 Å². The van der Waals surface area contributed by atoms with Crippen LogP contribution in [0.25, 0.3) is 0 Å². The van der Waals surface area contributed by atoms with E-state index in [1.807, 2.05) is 0 Å². The summed E-state index contributed by atoms with van der Waals surface area (Å²) in [7, 11) is 0. The van der Waals surface area contributed by atoms with Crippen molar-refractivity contribution in [2.75, 3.05) is 17.2 Å². The predicted molar refractivity (Wildman–Crippen MR) is 96.8 cm³/mol. The number of rotatable bonds is 7. The largest absolute Gasteiger partial charge is 0.482 e. The number of carbonyl (C=O) groups is 3. The van der Waals surface area contributed by atoms with Gasteiger partial charge < -0.3 is 20.1 Å². The van der Waals surface area contributed by atoms with Crippen LogP contribution in [0.1, 0.15) is 13.8 Å². The minimum atomic E-state index is -1.05. The van der Waals surface area contributed by atoms with Gasteiger partial charge in [0.2, 0.25) is 5.91 Å². The summed E-state index contributed by atoms with van der Waals surface area (Å²) in [6.07, 6.45) is -1.05. The van der Waals surface area contributed by atoms with Crippen molar-refractivity contribution in [1.29, 1.82) is 0 Å². The van der Waals surface area contributed by atoms with Crippen LogP contribution < -0.4 is 15.4 Å². The van der Waals surface area contributed by atoms with Gasteiger partial charge in [0, 0.05) is 24.4 Å². The van der Waals surface area contributed by atoms with Gasteiger partial charge in [0.1, 0.15) is 11.6 Å². The van der Waals surface area contributed by atoms with Crippen LogP contribution in [0.3, 0.4) is 0 Å². The number of amides is 2. The summed E-state index contributed by atoms with van der Waals surface area (Å²) in [6.45, 7) is 2.36. The maximum atomic E-state index is 13.0. The molecule has 0 bridgehead atoms. The summed E-state index contributed by atoms with van der Waals surface area (Å²) in [5.74, 6) is -1.79. The molecular formula is C19H19FN2O5. The number of nitrogens with one attached hydrogen (secondary N) is 2. The zero-order valence-electron chi connectivity index (χ0n) is 14.8. The van der Waals surface area contributed by atoms with Crippen LogP contribution in [-0.2, 0) is 19.1 Å². The Morgan fingerprint density at radius 1 is 1.04 bits per heavy atom. The number of esters is 1. The number of hydrogen-bond acceptors (Lipinski definition) is 5. The molecule has 0 aliphatic carbocycles. The summed E-state index contributed by atoms with van der Waals surface area (Å²) < 4.78 is 23.1. The zero-order valence-corrected chi connectivity index (χ0v) is 14.8. The Kier molecular flexibility index (Phi) is 6.87. The molecule has 0 fully saturated rings. The number of carbonyl (C=O) groups excluding carboxylic acids is 3. The smallest absolute Gasteiger partial charge is 0.344 e. The fourth-order valence-electron chi connectivity index (χ4n) is 2.07. The van der Waals surface area contributed by atoms with Crippen molar-refractivity contribution >= 4 is 29.2 Å². The Hall–Kier alpha value is -3.42. The molecule has 2 rings (SSSR count). The standard InChI is InChI=1S/C19H19FN2O5/c1-12(27-18(24)11-26-17-5-3-4-14(20)10-17)19(25)22-16-8-6-15(7-9-16)21-13(2)23/h3-10,12H,11H2,1-2H3,(H,21,23)(H,22,25). The van der Waals surface area contributed by atoms with Gasteiger partial charge in [0.05, 0.1) is 0 Å². The van der Waals surface area contributed by atoms with E-state index in [1.165, 1.54) is 32.0 Å². The van der Waals surface area contributed by atoms with Gasteiger partial charge in [-0.25, -0.2) is 9.18 Å². The molecule has 8 heteroatoms. The second-order valence-corrected chi connectivity index (χ2v) is 5.63. The molecule has 0 aromatic heterocycles. The summed E-state index contributed by atoms with van der Waals surface area (Å²) in [5, 5.41) is 5.20. The Balaban J connectivity index is 1.80. The van der Waals surface area contributed by atoms with Crippen LogP contribution in [0.4, 0.5) is 15.8 Å². The maximum Gasteiger partial charge on any atom is 0.344 e. The van der Waals surface area contributed by atoms with Gasteiger partial charge >= 0.3 is 5.97 Å². The summed E-state index contributed by atoms with van der Waals surface area (Å²) in [4.78, 5) is 34.8. The molecule has 2 amide bonds. The fraction of sp³-hybridized carbons (Fsp3) is 0.211. The second kappa shape index (κ2) is 9.33. The molecule has 0 aliphatic heterocycles. The first-order chi connectivity index (χ1) is 12.8. The molecule has 0 saturated heterocycles. The summed E-state index contributed by atoms with van der Waals surface area (Å²) >= 11 is 0. The van der Waals surface area contributed by atoms with E-state index in [1.54, 1.807) is 24.3 Å². The molecule has 142 valence electrons. The highest BCUT2D eigenvalue weighted by atomic mass is 19.1. The van der Waals surface area contributed by atoms with Crippen molar-refractivity contribution in [2.45, 2.75) is 20.0 Å². The monoisotopic (exact) mass is 374 g/mol. The molecule has 27 heavy (non-hydrogen) atoms. The first-order valence-corrected chi connectivity index (χ1v) is 8.10. The lowest BCUT2D eigenvalue weighted by Gasteiger charge is -2.14. The van der Waals surface area contributed by atoms with Crippen molar-refractivity contribution < 1.29 is 28.2 Å². The predicted octanol–water partition coefficient (Wildman–Crippen LogP) is 2.73. The van der Waals surface area contributed by atoms with E-state index in [9.17, 15) is 18.8 Å². The number of halogens is 1. The lowest BCUT2D eigenvalue weighted by Crippen LogP contribution is -2.31. The molecule has 0 aliphatic rings. The van der Waals surface area contributed by atoms with Crippen molar-refractivity contribution in [1.82, 2.24) is 0 Å². The van der Waals surface area contributed by atoms with Crippen molar-refractivity contribution in [3.05, 3.63) is 54.3 Å². The van der Waals surface area contributed by atoms with E-state index in [-0.39, 0.29) is 11.7 Å². The summed E-state index contributed by atoms with van der Waals surface area (Å²) in [6, 6.07) is 11.8. The van der Waals surface area contributed by atoms with Crippen LogP contribution in [-0.4, -0.2) is 30.5 Å². The van der Waals surface area contributed by atoms with Gasteiger partial charge in [-0.2, -0.15) is 0 Å².